The lowest BCUT2D eigenvalue weighted by Crippen LogP contribution is -2.02. The number of para-hydroxylation sites is 1. The molecule has 0 saturated heterocycles. The standard InChI is InChI=1S/C17H12N2O3/c1-22-17(21)14-7-6-12(8-16(14)20)19-10-11(9-18)13-4-2-3-5-15(13)19/h2-8,10,20H,1H3. The first-order valence-corrected chi connectivity index (χ1v) is 6.57. The van der Waals surface area contributed by atoms with Crippen molar-refractivity contribution in [3.05, 3.63) is 59.8 Å². The maximum atomic E-state index is 11.5. The SMILES string of the molecule is COC(=O)c1ccc(-n2cc(C#N)c3ccccc32)cc1O. The minimum Gasteiger partial charge on any atom is -0.507 e. The van der Waals surface area contributed by atoms with Gasteiger partial charge in [0, 0.05) is 23.3 Å². The van der Waals surface area contributed by atoms with E-state index in [4.69, 9.17) is 0 Å². The number of esters is 1. The zero-order valence-electron chi connectivity index (χ0n) is 11.8. The molecule has 1 N–H and O–H groups in total. The third kappa shape index (κ3) is 2.07. The van der Waals surface area contributed by atoms with Crippen LogP contribution in [0.5, 0.6) is 5.75 Å². The van der Waals surface area contributed by atoms with Crippen LogP contribution in [0.25, 0.3) is 16.6 Å². The summed E-state index contributed by atoms with van der Waals surface area (Å²) in [6, 6.07) is 14.3. The smallest absolute Gasteiger partial charge is 0.341 e. The van der Waals surface area contributed by atoms with Gasteiger partial charge >= 0.3 is 5.97 Å². The Morgan fingerprint density at radius 2 is 2.05 bits per heavy atom. The van der Waals surface area contributed by atoms with Gasteiger partial charge in [-0.1, -0.05) is 18.2 Å². The Kier molecular flexibility index (Phi) is 3.28. The van der Waals surface area contributed by atoms with Crippen LogP contribution in [0.15, 0.2) is 48.7 Å². The molecule has 1 heterocycles. The van der Waals surface area contributed by atoms with Gasteiger partial charge in [0.2, 0.25) is 0 Å². The minimum atomic E-state index is -0.598. The van der Waals surface area contributed by atoms with Crippen LogP contribution < -0.4 is 0 Å². The second-order valence-electron chi connectivity index (χ2n) is 4.73. The highest BCUT2D eigenvalue weighted by Crippen LogP contribution is 2.27. The van der Waals surface area contributed by atoms with Crippen LogP contribution in [0.2, 0.25) is 0 Å². The molecule has 1 aromatic heterocycles. The van der Waals surface area contributed by atoms with E-state index in [0.717, 1.165) is 10.9 Å². The Labute approximate surface area is 126 Å². The molecule has 2 aromatic carbocycles. The third-order valence-corrected chi connectivity index (χ3v) is 3.50. The third-order valence-electron chi connectivity index (χ3n) is 3.50. The Morgan fingerprint density at radius 1 is 1.27 bits per heavy atom. The number of carbonyl (C=O) groups excluding carboxylic acids is 1. The molecule has 0 aliphatic rings. The molecule has 5 nitrogen and oxygen atoms in total. The first kappa shape index (κ1) is 13.7. The fourth-order valence-corrected chi connectivity index (χ4v) is 2.43. The van der Waals surface area contributed by atoms with Gasteiger partial charge in [-0.3, -0.25) is 0 Å². The number of carbonyl (C=O) groups is 1. The lowest BCUT2D eigenvalue weighted by molar-refractivity contribution is 0.0597. The van der Waals surface area contributed by atoms with Crippen LogP contribution in [0.1, 0.15) is 15.9 Å². The first-order valence-electron chi connectivity index (χ1n) is 6.57. The number of rotatable bonds is 2. The second kappa shape index (κ2) is 5.26. The van der Waals surface area contributed by atoms with Crippen LogP contribution in [0.4, 0.5) is 0 Å². The van der Waals surface area contributed by atoms with Crippen molar-refractivity contribution >= 4 is 16.9 Å². The van der Waals surface area contributed by atoms with Crippen molar-refractivity contribution in [1.82, 2.24) is 4.57 Å². The highest BCUT2D eigenvalue weighted by atomic mass is 16.5. The van der Waals surface area contributed by atoms with E-state index in [2.05, 4.69) is 10.8 Å². The van der Waals surface area contributed by atoms with Crippen molar-refractivity contribution in [3.63, 3.8) is 0 Å². The number of aromatic hydroxyl groups is 1. The van der Waals surface area contributed by atoms with E-state index in [-0.39, 0.29) is 11.3 Å². The highest BCUT2D eigenvalue weighted by molar-refractivity contribution is 5.93. The summed E-state index contributed by atoms with van der Waals surface area (Å²) >= 11 is 0. The number of aromatic nitrogens is 1. The van der Waals surface area contributed by atoms with Gasteiger partial charge in [-0.05, 0) is 18.2 Å². The van der Waals surface area contributed by atoms with E-state index in [9.17, 15) is 15.2 Å². The quantitative estimate of drug-likeness (QED) is 0.737. The van der Waals surface area contributed by atoms with Crippen molar-refractivity contribution < 1.29 is 14.6 Å². The summed E-state index contributed by atoms with van der Waals surface area (Å²) in [4.78, 5) is 11.5. The number of hydrogen-bond acceptors (Lipinski definition) is 4. The van der Waals surface area contributed by atoms with Crippen molar-refractivity contribution in [1.29, 1.82) is 5.26 Å². The number of ether oxygens (including phenoxy) is 1. The molecule has 0 bridgehead atoms. The zero-order valence-corrected chi connectivity index (χ0v) is 11.8. The number of phenols is 1. The summed E-state index contributed by atoms with van der Waals surface area (Å²) in [6.45, 7) is 0. The highest BCUT2D eigenvalue weighted by Gasteiger charge is 2.14. The monoisotopic (exact) mass is 292 g/mol. The van der Waals surface area contributed by atoms with E-state index in [1.54, 1.807) is 16.8 Å². The molecular formula is C17H12N2O3. The number of fused-ring (bicyclic) bond motifs is 1. The summed E-state index contributed by atoms with van der Waals surface area (Å²) in [5.74, 6) is -0.764. The number of benzene rings is 2. The van der Waals surface area contributed by atoms with E-state index in [1.807, 2.05) is 24.3 Å². The Morgan fingerprint density at radius 3 is 2.73 bits per heavy atom. The molecule has 0 aliphatic carbocycles. The van der Waals surface area contributed by atoms with Gasteiger partial charge < -0.3 is 14.4 Å². The van der Waals surface area contributed by atoms with E-state index in [1.165, 1.54) is 19.2 Å². The van der Waals surface area contributed by atoms with Crippen molar-refractivity contribution in [2.24, 2.45) is 0 Å². The lowest BCUT2D eigenvalue weighted by Gasteiger charge is -2.08. The van der Waals surface area contributed by atoms with Gasteiger partial charge in [-0.2, -0.15) is 5.26 Å². The molecule has 0 saturated carbocycles. The summed E-state index contributed by atoms with van der Waals surface area (Å²) < 4.78 is 6.41. The lowest BCUT2D eigenvalue weighted by atomic mass is 10.1. The molecular weight excluding hydrogens is 280 g/mol. The van der Waals surface area contributed by atoms with Gasteiger partial charge in [-0.25, -0.2) is 4.79 Å². The van der Waals surface area contributed by atoms with Crippen LogP contribution in [0, 0.1) is 11.3 Å². The van der Waals surface area contributed by atoms with E-state index < -0.39 is 5.97 Å². The molecule has 0 radical (unpaired) electrons. The van der Waals surface area contributed by atoms with Crippen LogP contribution in [-0.4, -0.2) is 22.8 Å². The number of nitrogens with zero attached hydrogens (tertiary/aromatic N) is 2. The van der Waals surface area contributed by atoms with Crippen LogP contribution >= 0.6 is 0 Å². The molecule has 0 unspecified atom stereocenters. The second-order valence-corrected chi connectivity index (χ2v) is 4.73. The first-order chi connectivity index (χ1) is 10.7. The molecule has 3 rings (SSSR count). The normalized spacial score (nSPS) is 10.4. The van der Waals surface area contributed by atoms with E-state index >= 15 is 0 Å². The Bertz CT molecular complexity index is 919. The topological polar surface area (TPSA) is 75.2 Å². The summed E-state index contributed by atoms with van der Waals surface area (Å²) in [7, 11) is 1.26. The maximum Gasteiger partial charge on any atom is 0.341 e. The van der Waals surface area contributed by atoms with E-state index in [0.29, 0.717) is 11.3 Å². The Hall–Kier alpha value is -3.26. The Balaban J connectivity index is 2.19. The molecule has 5 heteroatoms. The largest absolute Gasteiger partial charge is 0.507 e. The predicted molar refractivity (Wildman–Crippen MR) is 81.0 cm³/mol. The number of methoxy groups -OCH3 is 1. The number of phenolic OH excluding ortho intramolecular Hbond substituents is 1. The van der Waals surface area contributed by atoms with Gasteiger partial charge in [0.15, 0.2) is 0 Å². The average molecular weight is 292 g/mol. The predicted octanol–water partition coefficient (Wildman–Crippen LogP) is 2.99. The van der Waals surface area contributed by atoms with Crippen molar-refractivity contribution in [3.8, 4) is 17.5 Å². The van der Waals surface area contributed by atoms with Crippen molar-refractivity contribution in [2.75, 3.05) is 7.11 Å². The maximum absolute atomic E-state index is 11.5. The molecule has 0 atom stereocenters. The molecule has 0 fully saturated rings. The molecule has 3 aromatic rings. The molecule has 22 heavy (non-hydrogen) atoms. The summed E-state index contributed by atoms with van der Waals surface area (Å²) in [6.07, 6.45) is 1.71. The molecule has 0 amide bonds. The summed E-state index contributed by atoms with van der Waals surface area (Å²) in [5.41, 5.74) is 2.16. The average Bonchev–Trinajstić information content (AvgIpc) is 2.93. The van der Waals surface area contributed by atoms with Crippen LogP contribution in [-0.2, 0) is 4.74 Å². The van der Waals surface area contributed by atoms with Crippen molar-refractivity contribution in [2.45, 2.75) is 0 Å². The fourth-order valence-electron chi connectivity index (χ4n) is 2.43. The zero-order chi connectivity index (χ0) is 15.7. The minimum absolute atomic E-state index is 0.100. The fraction of sp³-hybridized carbons (Fsp3) is 0.0588. The van der Waals surface area contributed by atoms with Crippen LogP contribution in [0.3, 0.4) is 0 Å². The molecule has 108 valence electrons. The molecule has 0 spiro atoms. The van der Waals surface area contributed by atoms with Gasteiger partial charge in [0.25, 0.3) is 0 Å². The molecule has 0 aliphatic heterocycles. The van der Waals surface area contributed by atoms with Gasteiger partial charge in [-0.15, -0.1) is 0 Å². The summed E-state index contributed by atoms with van der Waals surface area (Å²) in [5, 5.41) is 20.1. The number of hydrogen-bond donors (Lipinski definition) is 1. The van der Waals surface area contributed by atoms with Gasteiger partial charge in [0.1, 0.15) is 17.4 Å². The number of nitriles is 1. The van der Waals surface area contributed by atoms with Gasteiger partial charge in [0.05, 0.1) is 18.2 Å².